The third-order valence-corrected chi connectivity index (χ3v) is 5.79. The normalized spacial score (nSPS) is 28.8. The lowest BCUT2D eigenvalue weighted by atomic mass is 9.90. The van der Waals surface area contributed by atoms with E-state index < -0.39 is 18.2 Å². The van der Waals surface area contributed by atoms with Crippen molar-refractivity contribution in [1.82, 2.24) is 0 Å². The summed E-state index contributed by atoms with van der Waals surface area (Å²) in [6, 6.07) is 0. The molecule has 0 aliphatic heterocycles. The second-order valence-corrected chi connectivity index (χ2v) is 8.09. The maximum absolute atomic E-state index is 10.8. The van der Waals surface area contributed by atoms with Gasteiger partial charge in [-0.25, -0.2) is 0 Å². The van der Waals surface area contributed by atoms with Gasteiger partial charge in [0.15, 0.2) is 0 Å². The van der Waals surface area contributed by atoms with Crippen molar-refractivity contribution in [1.29, 1.82) is 0 Å². The van der Waals surface area contributed by atoms with Crippen molar-refractivity contribution in [2.75, 3.05) is 0 Å². The van der Waals surface area contributed by atoms with Crippen molar-refractivity contribution in [3.63, 3.8) is 0 Å². The molecule has 0 bridgehead atoms. The van der Waals surface area contributed by atoms with Crippen LogP contribution >= 0.6 is 11.6 Å². The molecule has 1 unspecified atom stereocenters. The number of aliphatic carboxylic acids is 1. The molecule has 1 aliphatic rings. The summed E-state index contributed by atoms with van der Waals surface area (Å²) in [5.41, 5.74) is 0. The van der Waals surface area contributed by atoms with Crippen molar-refractivity contribution in [2.45, 2.75) is 82.8 Å². The second kappa shape index (κ2) is 12.5. The molecule has 0 aromatic rings. The van der Waals surface area contributed by atoms with Crippen LogP contribution in [-0.2, 0) is 4.79 Å². The molecule has 0 radical (unpaired) electrons. The van der Waals surface area contributed by atoms with Gasteiger partial charge >= 0.3 is 5.97 Å². The molecular weight excluding hydrogens is 352 g/mol. The molecule has 1 saturated carbocycles. The van der Waals surface area contributed by atoms with Gasteiger partial charge in [0.05, 0.1) is 18.1 Å². The zero-order chi connectivity index (χ0) is 19.5. The lowest BCUT2D eigenvalue weighted by molar-refractivity contribution is -0.141. The van der Waals surface area contributed by atoms with Crippen LogP contribution in [0.4, 0.5) is 0 Å². The number of aliphatic hydroxyl groups is 2. The van der Waals surface area contributed by atoms with Crippen LogP contribution in [0.1, 0.15) is 65.2 Å². The quantitative estimate of drug-likeness (QED) is 0.261. The predicted octanol–water partition coefficient (Wildman–Crippen LogP) is 4.54. The van der Waals surface area contributed by atoms with Crippen LogP contribution in [0, 0.1) is 17.8 Å². The summed E-state index contributed by atoms with van der Waals surface area (Å²) in [6.07, 6.45) is 13.6. The molecule has 0 saturated heterocycles. The van der Waals surface area contributed by atoms with E-state index in [1.807, 2.05) is 24.3 Å². The van der Waals surface area contributed by atoms with Gasteiger partial charge in [-0.1, -0.05) is 57.4 Å². The van der Waals surface area contributed by atoms with E-state index >= 15 is 0 Å². The average Bonchev–Trinajstić information content (AvgIpc) is 2.85. The fourth-order valence-electron chi connectivity index (χ4n) is 3.46. The summed E-state index contributed by atoms with van der Waals surface area (Å²) in [5, 5.41) is 29.1. The van der Waals surface area contributed by atoms with Gasteiger partial charge in [-0.2, -0.15) is 0 Å². The van der Waals surface area contributed by atoms with Crippen LogP contribution in [0.15, 0.2) is 24.3 Å². The standard InChI is InChI=1S/C21H35ClO4/c1-3-4-6-10-16(23)12-13-18-17(19(22)14-20(18)24)11-8-5-7-9-15(2)21(25)26/h5,8,12-13,15-20,23-24H,3-4,6-7,9-11,14H2,1-2H3,(H,25,26)/t15?,16-,17+,18+,19+,20+/m0/s1. The van der Waals surface area contributed by atoms with Crippen LogP contribution in [0.3, 0.4) is 0 Å². The topological polar surface area (TPSA) is 77.8 Å². The minimum absolute atomic E-state index is 0.0408. The second-order valence-electron chi connectivity index (χ2n) is 7.53. The molecule has 150 valence electrons. The van der Waals surface area contributed by atoms with Crippen molar-refractivity contribution >= 4 is 17.6 Å². The molecule has 6 atom stereocenters. The van der Waals surface area contributed by atoms with Crippen molar-refractivity contribution in [3.05, 3.63) is 24.3 Å². The summed E-state index contributed by atoms with van der Waals surface area (Å²) >= 11 is 6.42. The number of allylic oxidation sites excluding steroid dienone is 2. The maximum Gasteiger partial charge on any atom is 0.306 e. The SMILES string of the molecule is CCCCC[C@H](O)C=C[C@@H]1[C@@H](CC=CCCC(C)C(=O)O)[C@H](Cl)C[C@H]1O. The number of halogens is 1. The number of unbranched alkanes of at least 4 members (excludes halogenated alkanes) is 2. The first-order valence-electron chi connectivity index (χ1n) is 9.93. The molecule has 0 spiro atoms. The van der Waals surface area contributed by atoms with Crippen LogP contribution in [-0.4, -0.2) is 38.9 Å². The number of carboxylic acid groups (broad SMARTS) is 1. The minimum atomic E-state index is -0.763. The Morgan fingerprint density at radius 1 is 1.27 bits per heavy atom. The smallest absolute Gasteiger partial charge is 0.306 e. The molecule has 1 rings (SSSR count). The highest BCUT2D eigenvalue weighted by atomic mass is 35.5. The van der Waals surface area contributed by atoms with Crippen molar-refractivity contribution in [2.24, 2.45) is 17.8 Å². The van der Waals surface area contributed by atoms with Crippen molar-refractivity contribution < 1.29 is 20.1 Å². The highest BCUT2D eigenvalue weighted by Crippen LogP contribution is 2.39. The largest absolute Gasteiger partial charge is 0.481 e. The Bertz CT molecular complexity index is 463. The van der Waals surface area contributed by atoms with Gasteiger partial charge in [-0.3, -0.25) is 4.79 Å². The van der Waals surface area contributed by atoms with E-state index in [9.17, 15) is 15.0 Å². The Kier molecular flexibility index (Phi) is 11.2. The first-order chi connectivity index (χ1) is 12.4. The first kappa shape index (κ1) is 23.2. The number of rotatable bonds is 12. The highest BCUT2D eigenvalue weighted by molar-refractivity contribution is 6.21. The zero-order valence-electron chi connectivity index (χ0n) is 16.1. The molecule has 3 N–H and O–H groups in total. The molecule has 0 aromatic carbocycles. The lowest BCUT2D eigenvalue weighted by Crippen LogP contribution is -2.19. The fraction of sp³-hybridized carbons (Fsp3) is 0.762. The van der Waals surface area contributed by atoms with E-state index in [4.69, 9.17) is 16.7 Å². The van der Waals surface area contributed by atoms with E-state index in [2.05, 4.69) is 6.92 Å². The van der Waals surface area contributed by atoms with Crippen LogP contribution in [0.2, 0.25) is 0 Å². The van der Waals surface area contributed by atoms with Gasteiger partial charge in [0.2, 0.25) is 0 Å². The third kappa shape index (κ3) is 8.24. The Hall–Kier alpha value is -0.840. The van der Waals surface area contributed by atoms with Gasteiger partial charge in [0.1, 0.15) is 0 Å². The van der Waals surface area contributed by atoms with E-state index in [-0.39, 0.29) is 23.1 Å². The van der Waals surface area contributed by atoms with Gasteiger partial charge in [-0.15, -0.1) is 11.6 Å². The summed E-state index contributed by atoms with van der Waals surface area (Å²) in [6.45, 7) is 3.85. The Morgan fingerprint density at radius 2 is 2.00 bits per heavy atom. The Balaban J connectivity index is 2.49. The summed E-state index contributed by atoms with van der Waals surface area (Å²) in [4.78, 5) is 10.8. The minimum Gasteiger partial charge on any atom is -0.481 e. The monoisotopic (exact) mass is 386 g/mol. The van der Waals surface area contributed by atoms with Crippen LogP contribution in [0.25, 0.3) is 0 Å². The summed E-state index contributed by atoms with van der Waals surface area (Å²) < 4.78 is 0. The number of alkyl halides is 1. The molecule has 0 aromatic heterocycles. The molecule has 0 heterocycles. The fourth-order valence-corrected chi connectivity index (χ4v) is 3.92. The summed E-state index contributed by atoms with van der Waals surface area (Å²) in [7, 11) is 0. The van der Waals surface area contributed by atoms with Gasteiger partial charge in [0.25, 0.3) is 0 Å². The van der Waals surface area contributed by atoms with E-state index in [1.165, 1.54) is 0 Å². The molecule has 26 heavy (non-hydrogen) atoms. The molecule has 1 fully saturated rings. The van der Waals surface area contributed by atoms with E-state index in [0.29, 0.717) is 12.8 Å². The van der Waals surface area contributed by atoms with E-state index in [1.54, 1.807) is 6.92 Å². The zero-order valence-corrected chi connectivity index (χ0v) is 16.8. The van der Waals surface area contributed by atoms with Gasteiger partial charge < -0.3 is 15.3 Å². The highest BCUT2D eigenvalue weighted by Gasteiger charge is 2.39. The van der Waals surface area contributed by atoms with E-state index in [0.717, 1.165) is 38.5 Å². The number of hydrogen-bond donors (Lipinski definition) is 3. The number of carboxylic acids is 1. The van der Waals surface area contributed by atoms with Crippen LogP contribution < -0.4 is 0 Å². The number of carbonyl (C=O) groups is 1. The van der Waals surface area contributed by atoms with Gasteiger partial charge in [0, 0.05) is 11.3 Å². The summed E-state index contributed by atoms with van der Waals surface area (Å²) in [5.74, 6) is -1.00. The average molecular weight is 387 g/mol. The number of aliphatic hydroxyl groups excluding tert-OH is 2. The maximum atomic E-state index is 10.8. The molecule has 4 nitrogen and oxygen atoms in total. The van der Waals surface area contributed by atoms with Gasteiger partial charge in [-0.05, 0) is 38.0 Å². The Labute approximate surface area is 163 Å². The molecule has 1 aliphatic carbocycles. The third-order valence-electron chi connectivity index (χ3n) is 5.29. The first-order valence-corrected chi connectivity index (χ1v) is 10.4. The Morgan fingerprint density at radius 3 is 2.65 bits per heavy atom. The van der Waals surface area contributed by atoms with Crippen molar-refractivity contribution in [3.8, 4) is 0 Å². The van der Waals surface area contributed by atoms with Crippen LogP contribution in [0.5, 0.6) is 0 Å². The number of hydrogen-bond acceptors (Lipinski definition) is 3. The lowest BCUT2D eigenvalue weighted by Gasteiger charge is -2.19. The molecule has 5 heteroatoms. The predicted molar refractivity (Wildman–Crippen MR) is 106 cm³/mol. The molecule has 0 amide bonds. The molecular formula is C21H35ClO4.